The van der Waals surface area contributed by atoms with Crippen LogP contribution >= 0.6 is 23.2 Å². The van der Waals surface area contributed by atoms with Gasteiger partial charge < -0.3 is 9.30 Å². The number of hydrogen-bond donors (Lipinski definition) is 0. The first kappa shape index (κ1) is 15.5. The largest absolute Gasteiger partial charge is 0.377 e. The van der Waals surface area contributed by atoms with Crippen molar-refractivity contribution in [3.63, 3.8) is 0 Å². The van der Waals surface area contributed by atoms with Crippen LogP contribution < -0.4 is 0 Å². The van der Waals surface area contributed by atoms with Gasteiger partial charge in [-0.1, -0.05) is 11.6 Å². The maximum atomic E-state index is 13.7. The number of aryl methyl sites for hydroxylation is 1. The number of alkyl halides is 1. The van der Waals surface area contributed by atoms with Gasteiger partial charge in [-0.15, -0.1) is 11.6 Å². The number of ether oxygens (including phenoxy) is 1. The average Bonchev–Trinajstić information content (AvgIpc) is 2.68. The summed E-state index contributed by atoms with van der Waals surface area (Å²) >= 11 is 11.6. The Hall–Kier alpha value is -0.840. The molecule has 0 aliphatic rings. The summed E-state index contributed by atoms with van der Waals surface area (Å²) in [6, 6.07) is 2.95. The van der Waals surface area contributed by atoms with E-state index in [1.54, 1.807) is 13.2 Å². The van der Waals surface area contributed by atoms with Gasteiger partial charge in [-0.25, -0.2) is 9.37 Å². The van der Waals surface area contributed by atoms with Crippen LogP contribution in [0, 0.1) is 5.82 Å². The second-order valence-electron chi connectivity index (χ2n) is 5.27. The number of methoxy groups -OCH3 is 1. The maximum Gasteiger partial charge on any atom is 0.144 e. The van der Waals surface area contributed by atoms with Crippen molar-refractivity contribution in [3.8, 4) is 0 Å². The van der Waals surface area contributed by atoms with E-state index in [2.05, 4.69) is 4.98 Å². The average molecular weight is 319 g/mol. The summed E-state index contributed by atoms with van der Waals surface area (Å²) in [5, 5.41) is 0.0746. The normalized spacial score (nSPS) is 12.3. The predicted molar refractivity (Wildman–Crippen MR) is 80.2 cm³/mol. The molecule has 6 heteroatoms. The molecule has 20 heavy (non-hydrogen) atoms. The van der Waals surface area contributed by atoms with Crippen LogP contribution in [0.2, 0.25) is 5.02 Å². The van der Waals surface area contributed by atoms with E-state index in [9.17, 15) is 4.39 Å². The van der Waals surface area contributed by atoms with E-state index < -0.39 is 5.82 Å². The topological polar surface area (TPSA) is 27.1 Å². The lowest BCUT2D eigenvalue weighted by Gasteiger charge is -2.24. The van der Waals surface area contributed by atoms with Crippen molar-refractivity contribution in [1.29, 1.82) is 0 Å². The minimum absolute atomic E-state index is 0.0746. The van der Waals surface area contributed by atoms with E-state index in [1.807, 2.05) is 18.4 Å². The van der Waals surface area contributed by atoms with Crippen molar-refractivity contribution in [3.05, 3.63) is 28.8 Å². The molecule has 2 aromatic rings. The number of halogens is 3. The quantitative estimate of drug-likeness (QED) is 0.778. The molecule has 0 radical (unpaired) electrons. The Morgan fingerprint density at radius 1 is 1.40 bits per heavy atom. The molecule has 0 unspecified atom stereocenters. The first-order chi connectivity index (χ1) is 9.38. The highest BCUT2D eigenvalue weighted by Crippen LogP contribution is 2.26. The summed E-state index contributed by atoms with van der Waals surface area (Å²) < 4.78 is 21.1. The third kappa shape index (κ3) is 3.08. The van der Waals surface area contributed by atoms with Crippen LogP contribution in [0.1, 0.15) is 19.7 Å². The van der Waals surface area contributed by atoms with Crippen molar-refractivity contribution in [2.75, 3.05) is 13.0 Å². The van der Waals surface area contributed by atoms with E-state index in [4.69, 9.17) is 27.9 Å². The Morgan fingerprint density at radius 3 is 2.70 bits per heavy atom. The molecule has 0 aliphatic heterocycles. The molecule has 110 valence electrons. The monoisotopic (exact) mass is 318 g/mol. The van der Waals surface area contributed by atoms with Gasteiger partial charge in [0, 0.05) is 25.5 Å². The fourth-order valence-corrected chi connectivity index (χ4v) is 2.39. The Labute approximate surface area is 127 Å². The van der Waals surface area contributed by atoms with Crippen molar-refractivity contribution in [2.24, 2.45) is 0 Å². The molecule has 1 aromatic heterocycles. The summed E-state index contributed by atoms with van der Waals surface area (Å²) in [5.74, 6) is 0.808. The molecule has 2 rings (SSSR count). The van der Waals surface area contributed by atoms with E-state index in [0.717, 1.165) is 5.82 Å². The van der Waals surface area contributed by atoms with Gasteiger partial charge in [-0.2, -0.15) is 0 Å². The molecule has 3 nitrogen and oxygen atoms in total. The Bertz CT molecular complexity index is 625. The Morgan fingerprint density at radius 2 is 2.10 bits per heavy atom. The van der Waals surface area contributed by atoms with Gasteiger partial charge in [0.1, 0.15) is 11.6 Å². The number of rotatable bonds is 5. The Kier molecular flexibility index (Phi) is 4.57. The SMILES string of the molecule is COC(C)(C)Cn1c(CCCl)nc2cc(Cl)c(F)cc21. The molecule has 0 spiro atoms. The van der Waals surface area contributed by atoms with Crippen LogP contribution in [0.3, 0.4) is 0 Å². The zero-order valence-electron chi connectivity index (χ0n) is 11.7. The molecule has 1 aromatic carbocycles. The molecule has 0 amide bonds. The van der Waals surface area contributed by atoms with Gasteiger partial charge in [0.25, 0.3) is 0 Å². The van der Waals surface area contributed by atoms with Gasteiger partial charge in [0.2, 0.25) is 0 Å². The molecule has 0 fully saturated rings. The highest BCUT2D eigenvalue weighted by atomic mass is 35.5. The summed E-state index contributed by atoms with van der Waals surface area (Å²) in [5.41, 5.74) is 0.991. The van der Waals surface area contributed by atoms with E-state index in [1.165, 1.54) is 6.07 Å². The molecular weight excluding hydrogens is 302 g/mol. The lowest BCUT2D eigenvalue weighted by Crippen LogP contribution is -2.30. The fourth-order valence-electron chi connectivity index (χ4n) is 2.07. The van der Waals surface area contributed by atoms with Gasteiger partial charge in [-0.05, 0) is 19.9 Å². The summed E-state index contributed by atoms with van der Waals surface area (Å²) in [6.45, 7) is 4.50. The molecule has 0 saturated carbocycles. The lowest BCUT2D eigenvalue weighted by molar-refractivity contribution is 0.00845. The molecule has 0 N–H and O–H groups in total. The van der Waals surface area contributed by atoms with Crippen LogP contribution in [-0.2, 0) is 17.7 Å². The number of aromatic nitrogens is 2. The van der Waals surface area contributed by atoms with Crippen LogP contribution in [0.15, 0.2) is 12.1 Å². The lowest BCUT2D eigenvalue weighted by atomic mass is 10.1. The van der Waals surface area contributed by atoms with Crippen LogP contribution in [-0.4, -0.2) is 28.1 Å². The van der Waals surface area contributed by atoms with Crippen molar-refractivity contribution in [1.82, 2.24) is 9.55 Å². The summed E-state index contributed by atoms with van der Waals surface area (Å²) in [4.78, 5) is 4.49. The molecule has 0 atom stereocenters. The number of imidazole rings is 1. The fraction of sp³-hybridized carbons (Fsp3) is 0.500. The molecule has 0 aliphatic carbocycles. The molecule has 0 bridgehead atoms. The van der Waals surface area contributed by atoms with Crippen molar-refractivity contribution < 1.29 is 9.13 Å². The zero-order chi connectivity index (χ0) is 14.9. The number of fused-ring (bicyclic) bond motifs is 1. The molecule has 0 saturated heterocycles. The highest BCUT2D eigenvalue weighted by molar-refractivity contribution is 6.31. The predicted octanol–water partition coefficient (Wildman–Crippen LogP) is 4.04. The molecular formula is C14H17Cl2FN2O. The minimum Gasteiger partial charge on any atom is -0.377 e. The summed E-state index contributed by atoms with van der Waals surface area (Å²) in [6.07, 6.45) is 0.606. The first-order valence-electron chi connectivity index (χ1n) is 6.33. The Balaban J connectivity index is 2.58. The van der Waals surface area contributed by atoms with Crippen LogP contribution in [0.4, 0.5) is 4.39 Å². The van der Waals surface area contributed by atoms with E-state index in [-0.39, 0.29) is 10.6 Å². The van der Waals surface area contributed by atoms with Crippen LogP contribution in [0.5, 0.6) is 0 Å². The van der Waals surface area contributed by atoms with Crippen LogP contribution in [0.25, 0.3) is 11.0 Å². The van der Waals surface area contributed by atoms with E-state index in [0.29, 0.717) is 29.9 Å². The maximum absolute atomic E-state index is 13.7. The van der Waals surface area contributed by atoms with Gasteiger partial charge in [0.05, 0.1) is 28.2 Å². The van der Waals surface area contributed by atoms with Gasteiger partial charge >= 0.3 is 0 Å². The second-order valence-corrected chi connectivity index (χ2v) is 6.06. The third-order valence-electron chi connectivity index (χ3n) is 3.28. The first-order valence-corrected chi connectivity index (χ1v) is 7.24. The standard InChI is InChI=1S/C14H17Cl2FN2O/c1-14(2,20-3)8-19-12-7-10(17)9(16)6-11(12)18-13(19)4-5-15/h6-7H,4-5,8H2,1-3H3. The highest BCUT2D eigenvalue weighted by Gasteiger charge is 2.22. The number of hydrogen-bond acceptors (Lipinski definition) is 2. The smallest absolute Gasteiger partial charge is 0.144 e. The van der Waals surface area contributed by atoms with Crippen molar-refractivity contribution in [2.45, 2.75) is 32.4 Å². The second kappa shape index (κ2) is 5.88. The summed E-state index contributed by atoms with van der Waals surface area (Å²) in [7, 11) is 1.65. The third-order valence-corrected chi connectivity index (χ3v) is 3.76. The van der Waals surface area contributed by atoms with Gasteiger partial charge in [0.15, 0.2) is 0 Å². The minimum atomic E-state index is -0.451. The molecule has 1 heterocycles. The van der Waals surface area contributed by atoms with E-state index >= 15 is 0 Å². The number of benzene rings is 1. The zero-order valence-corrected chi connectivity index (χ0v) is 13.2. The van der Waals surface area contributed by atoms with Gasteiger partial charge in [-0.3, -0.25) is 0 Å². The number of nitrogens with zero attached hydrogens (tertiary/aromatic N) is 2. The van der Waals surface area contributed by atoms with Crippen molar-refractivity contribution >= 4 is 34.2 Å².